The largest absolute Gasteiger partial charge is 0.385 e. The summed E-state index contributed by atoms with van der Waals surface area (Å²) in [6.07, 6.45) is 2.48. The lowest BCUT2D eigenvalue weighted by molar-refractivity contribution is 0.252. The van der Waals surface area contributed by atoms with Gasteiger partial charge in [0.05, 0.1) is 0 Å². The molecule has 1 atom stereocenters. The lowest BCUT2D eigenvalue weighted by Gasteiger charge is -2.16. The number of nitrogens with zero attached hydrogens (tertiary/aromatic N) is 1. The zero-order valence-corrected chi connectivity index (χ0v) is 11.8. The Morgan fingerprint density at radius 1 is 1.37 bits per heavy atom. The Kier molecular flexibility index (Phi) is 4.66. The Morgan fingerprint density at radius 2 is 2.11 bits per heavy atom. The molecule has 1 fully saturated rings. The van der Waals surface area contributed by atoms with Gasteiger partial charge in [0.15, 0.2) is 0 Å². The number of anilines is 2. The first-order chi connectivity index (χ1) is 9.20. The number of carbonyl (C=O) groups excluding carboxylic acids is 1. The van der Waals surface area contributed by atoms with E-state index in [1.807, 2.05) is 24.3 Å². The van der Waals surface area contributed by atoms with Crippen molar-refractivity contribution in [2.45, 2.75) is 26.7 Å². The first-order valence-electron chi connectivity index (χ1n) is 7.10. The summed E-state index contributed by atoms with van der Waals surface area (Å²) in [5.74, 6) is 0.689. The zero-order chi connectivity index (χ0) is 13.7. The maximum absolute atomic E-state index is 11.5. The number of urea groups is 1. The molecule has 104 valence electrons. The number of hydrogen-bond donors (Lipinski definition) is 2. The Hall–Kier alpha value is -1.71. The molecule has 4 heteroatoms. The van der Waals surface area contributed by atoms with Gasteiger partial charge >= 0.3 is 6.03 Å². The highest BCUT2D eigenvalue weighted by atomic mass is 16.2. The number of benzene rings is 1. The van der Waals surface area contributed by atoms with E-state index in [1.165, 1.54) is 12.8 Å². The van der Waals surface area contributed by atoms with Crippen molar-refractivity contribution in [3.05, 3.63) is 24.3 Å². The van der Waals surface area contributed by atoms with Crippen molar-refractivity contribution in [3.63, 3.8) is 0 Å². The van der Waals surface area contributed by atoms with Crippen molar-refractivity contribution in [1.82, 2.24) is 5.32 Å². The summed E-state index contributed by atoms with van der Waals surface area (Å²) < 4.78 is 0. The molecule has 1 aliphatic heterocycles. The normalized spacial score (nSPS) is 16.3. The van der Waals surface area contributed by atoms with Crippen LogP contribution in [0.2, 0.25) is 0 Å². The maximum atomic E-state index is 11.5. The van der Waals surface area contributed by atoms with Crippen molar-refractivity contribution in [2.24, 2.45) is 5.92 Å². The van der Waals surface area contributed by atoms with Crippen LogP contribution >= 0.6 is 0 Å². The van der Waals surface area contributed by atoms with Crippen LogP contribution in [-0.2, 0) is 0 Å². The third kappa shape index (κ3) is 3.63. The van der Waals surface area contributed by atoms with Crippen LogP contribution in [0.3, 0.4) is 0 Å². The quantitative estimate of drug-likeness (QED) is 0.826. The van der Waals surface area contributed by atoms with Gasteiger partial charge in [-0.25, -0.2) is 4.79 Å². The second-order valence-corrected chi connectivity index (χ2v) is 5.21. The van der Waals surface area contributed by atoms with Crippen LogP contribution in [0.25, 0.3) is 0 Å². The number of amides is 2. The third-order valence-electron chi connectivity index (χ3n) is 3.47. The molecule has 0 radical (unpaired) electrons. The molecule has 0 bridgehead atoms. The molecule has 2 amide bonds. The minimum absolute atomic E-state index is 0.00252. The highest BCUT2D eigenvalue weighted by molar-refractivity contribution is 5.94. The van der Waals surface area contributed by atoms with Crippen LogP contribution < -0.4 is 15.5 Å². The van der Waals surface area contributed by atoms with Crippen LogP contribution in [-0.4, -0.2) is 25.7 Å². The number of carbonyl (C=O) groups is 1. The summed E-state index contributed by atoms with van der Waals surface area (Å²) in [5.41, 5.74) is 2.08. The van der Waals surface area contributed by atoms with Gasteiger partial charge < -0.3 is 10.6 Å². The molecule has 1 aliphatic rings. The predicted octanol–water partition coefficient (Wildman–Crippen LogP) is 3.06. The summed E-state index contributed by atoms with van der Waals surface area (Å²) in [4.78, 5) is 13.3. The second-order valence-electron chi connectivity index (χ2n) is 5.21. The second kappa shape index (κ2) is 6.45. The first-order valence-corrected chi connectivity index (χ1v) is 7.10. The first kappa shape index (κ1) is 13.7. The molecule has 1 saturated heterocycles. The van der Waals surface area contributed by atoms with E-state index in [1.54, 1.807) is 4.90 Å². The molecule has 0 spiro atoms. The standard InChI is InChI=1S/C15H23N3O/c1-3-4-12(2)11-17-13-5-7-14(8-6-13)18-10-9-16-15(18)19/h5-8,12,17H,3-4,9-11H2,1-2H3,(H,16,19). The van der Waals surface area contributed by atoms with Crippen LogP contribution in [0, 0.1) is 5.92 Å². The van der Waals surface area contributed by atoms with Crippen LogP contribution in [0.15, 0.2) is 24.3 Å². The van der Waals surface area contributed by atoms with Crippen molar-refractivity contribution in [1.29, 1.82) is 0 Å². The van der Waals surface area contributed by atoms with E-state index in [9.17, 15) is 4.79 Å². The van der Waals surface area contributed by atoms with Gasteiger partial charge in [0, 0.05) is 31.0 Å². The molecule has 19 heavy (non-hydrogen) atoms. The fourth-order valence-corrected chi connectivity index (χ4v) is 2.36. The lowest BCUT2D eigenvalue weighted by Crippen LogP contribution is -2.27. The third-order valence-corrected chi connectivity index (χ3v) is 3.47. The summed E-state index contributed by atoms with van der Waals surface area (Å²) >= 11 is 0. The highest BCUT2D eigenvalue weighted by Crippen LogP contribution is 2.19. The van der Waals surface area contributed by atoms with Gasteiger partial charge in [-0.15, -0.1) is 0 Å². The fourth-order valence-electron chi connectivity index (χ4n) is 2.36. The molecule has 1 aromatic rings. The van der Waals surface area contributed by atoms with E-state index in [0.717, 1.165) is 31.0 Å². The zero-order valence-electron chi connectivity index (χ0n) is 11.8. The minimum atomic E-state index is -0.00252. The SMILES string of the molecule is CCCC(C)CNc1ccc(N2CCNC2=O)cc1. The fraction of sp³-hybridized carbons (Fsp3) is 0.533. The van der Waals surface area contributed by atoms with E-state index < -0.39 is 0 Å². The van der Waals surface area contributed by atoms with E-state index in [-0.39, 0.29) is 6.03 Å². The number of hydrogen-bond acceptors (Lipinski definition) is 2. The topological polar surface area (TPSA) is 44.4 Å². The molecule has 0 saturated carbocycles. The maximum Gasteiger partial charge on any atom is 0.321 e. The molecule has 0 aliphatic carbocycles. The molecular weight excluding hydrogens is 238 g/mol. The van der Waals surface area contributed by atoms with Gasteiger partial charge in [0.1, 0.15) is 0 Å². The average Bonchev–Trinajstić information content (AvgIpc) is 2.84. The van der Waals surface area contributed by atoms with Crippen LogP contribution in [0.5, 0.6) is 0 Å². The van der Waals surface area contributed by atoms with Gasteiger partial charge in [0.2, 0.25) is 0 Å². The summed E-state index contributed by atoms with van der Waals surface area (Å²) in [6.45, 7) is 6.95. The van der Waals surface area contributed by atoms with E-state index in [4.69, 9.17) is 0 Å². The molecule has 1 aromatic carbocycles. The van der Waals surface area contributed by atoms with Crippen molar-refractivity contribution < 1.29 is 4.79 Å². The smallest absolute Gasteiger partial charge is 0.321 e. The van der Waals surface area contributed by atoms with Gasteiger partial charge in [-0.2, -0.15) is 0 Å². The molecule has 1 unspecified atom stereocenters. The van der Waals surface area contributed by atoms with Crippen LogP contribution in [0.1, 0.15) is 26.7 Å². The van der Waals surface area contributed by atoms with Gasteiger partial charge in [-0.3, -0.25) is 4.90 Å². The molecular formula is C15H23N3O. The Bertz CT molecular complexity index is 416. The van der Waals surface area contributed by atoms with E-state index in [0.29, 0.717) is 5.92 Å². The predicted molar refractivity (Wildman–Crippen MR) is 79.7 cm³/mol. The monoisotopic (exact) mass is 261 g/mol. The van der Waals surface area contributed by atoms with Crippen molar-refractivity contribution in [2.75, 3.05) is 29.9 Å². The average molecular weight is 261 g/mol. The number of nitrogens with one attached hydrogen (secondary N) is 2. The van der Waals surface area contributed by atoms with Gasteiger partial charge in [0.25, 0.3) is 0 Å². The Morgan fingerprint density at radius 3 is 2.68 bits per heavy atom. The van der Waals surface area contributed by atoms with Crippen molar-refractivity contribution in [3.8, 4) is 0 Å². The molecule has 4 nitrogen and oxygen atoms in total. The Labute approximate surface area is 115 Å². The van der Waals surface area contributed by atoms with E-state index >= 15 is 0 Å². The van der Waals surface area contributed by atoms with Crippen LogP contribution in [0.4, 0.5) is 16.2 Å². The highest BCUT2D eigenvalue weighted by Gasteiger charge is 2.20. The molecule has 0 aromatic heterocycles. The van der Waals surface area contributed by atoms with Crippen molar-refractivity contribution >= 4 is 17.4 Å². The summed E-state index contributed by atoms with van der Waals surface area (Å²) in [7, 11) is 0. The molecule has 1 heterocycles. The summed E-state index contributed by atoms with van der Waals surface area (Å²) in [6, 6.07) is 8.08. The Balaban J connectivity index is 1.89. The minimum Gasteiger partial charge on any atom is -0.385 e. The van der Waals surface area contributed by atoms with Gasteiger partial charge in [-0.1, -0.05) is 20.3 Å². The van der Waals surface area contributed by atoms with Gasteiger partial charge in [-0.05, 0) is 36.6 Å². The lowest BCUT2D eigenvalue weighted by atomic mass is 10.1. The number of rotatable bonds is 6. The molecule has 2 rings (SSSR count). The summed E-state index contributed by atoms with van der Waals surface area (Å²) in [5, 5.41) is 6.25. The molecule has 2 N–H and O–H groups in total. The van der Waals surface area contributed by atoms with E-state index in [2.05, 4.69) is 24.5 Å².